The first-order valence-electron chi connectivity index (χ1n) is 13.7. The number of nitrogens with zero attached hydrogens (tertiary/aromatic N) is 1. The zero-order chi connectivity index (χ0) is 28.2. The molecule has 0 aliphatic heterocycles. The Morgan fingerprint density at radius 3 is 1.95 bits per heavy atom. The van der Waals surface area contributed by atoms with Crippen LogP contribution >= 0.6 is 15.1 Å². The minimum atomic E-state index is -4.64. The Kier molecular flexibility index (Phi) is 20.8. The molecule has 0 aliphatic carbocycles. The van der Waals surface area contributed by atoms with Crippen molar-refractivity contribution >= 4 is 26.6 Å². The lowest BCUT2D eigenvalue weighted by molar-refractivity contribution is -0.861. The van der Waals surface area contributed by atoms with Gasteiger partial charge in [-0.3, -0.25) is 18.7 Å². The van der Waals surface area contributed by atoms with E-state index in [1.54, 1.807) is 21.1 Å². The second-order valence-electron chi connectivity index (χ2n) is 10.5. The first kappa shape index (κ1) is 36.3. The van der Waals surface area contributed by atoms with Crippen LogP contribution in [-0.2, 0) is 23.4 Å². The minimum Gasteiger partial charge on any atom is -0.457 e. The SMILES string of the molecule is CCCCCCCC/C=C\CCCCCCCC(=O)OC(CO)COP(=O)(O)P(O)C(=O)C[N+](C)(C)C. The van der Waals surface area contributed by atoms with E-state index in [9.17, 15) is 29.0 Å². The molecular weight excluding hydrogens is 516 g/mol. The summed E-state index contributed by atoms with van der Waals surface area (Å²) in [5.74, 6) is -0.527. The number of aliphatic hydroxyl groups excluding tert-OH is 1. The molecule has 0 aromatic heterocycles. The van der Waals surface area contributed by atoms with Crippen LogP contribution in [0.2, 0.25) is 0 Å². The average molecular weight is 569 g/mol. The fourth-order valence-electron chi connectivity index (χ4n) is 3.55. The first-order valence-corrected chi connectivity index (χ1v) is 17.3. The second-order valence-corrected chi connectivity index (χ2v) is 15.5. The summed E-state index contributed by atoms with van der Waals surface area (Å²) in [6.45, 7) is 0.914. The summed E-state index contributed by atoms with van der Waals surface area (Å²) < 4.78 is 22.4. The number of likely N-dealkylation sites (N-methyl/N-ethyl adjacent to an activating group) is 1. The van der Waals surface area contributed by atoms with E-state index >= 15 is 0 Å². The Labute approximate surface area is 225 Å². The van der Waals surface area contributed by atoms with E-state index in [0.717, 1.165) is 32.1 Å². The number of hydrogen-bond donors (Lipinski definition) is 3. The molecule has 37 heavy (non-hydrogen) atoms. The Hall–Kier alpha value is -0.660. The van der Waals surface area contributed by atoms with Gasteiger partial charge in [0.05, 0.1) is 34.4 Å². The molecule has 11 heteroatoms. The lowest BCUT2D eigenvalue weighted by Gasteiger charge is -2.25. The van der Waals surface area contributed by atoms with E-state index < -0.39 is 45.9 Å². The highest BCUT2D eigenvalue weighted by Crippen LogP contribution is 2.71. The zero-order valence-electron chi connectivity index (χ0n) is 23.5. The molecule has 0 bridgehead atoms. The zero-order valence-corrected chi connectivity index (χ0v) is 25.3. The number of quaternary nitrogens is 1. The van der Waals surface area contributed by atoms with Gasteiger partial charge in [-0.2, -0.15) is 0 Å². The van der Waals surface area contributed by atoms with E-state index in [-0.39, 0.29) is 17.4 Å². The minimum absolute atomic E-state index is 0.134. The molecule has 9 nitrogen and oxygen atoms in total. The van der Waals surface area contributed by atoms with Gasteiger partial charge in [0.1, 0.15) is 12.6 Å². The van der Waals surface area contributed by atoms with Crippen molar-refractivity contribution in [3.8, 4) is 0 Å². The van der Waals surface area contributed by atoms with Crippen molar-refractivity contribution in [2.45, 2.75) is 103 Å². The van der Waals surface area contributed by atoms with Gasteiger partial charge in [0.25, 0.3) is 0 Å². The molecule has 0 aliphatic rings. The van der Waals surface area contributed by atoms with E-state index in [2.05, 4.69) is 19.1 Å². The quantitative estimate of drug-likeness (QED) is 0.0447. The maximum absolute atomic E-state index is 12.2. The number of hydrogen-bond acceptors (Lipinski definition) is 7. The number of aliphatic hydroxyl groups is 1. The summed E-state index contributed by atoms with van der Waals surface area (Å²) in [5.41, 5.74) is -0.768. The highest BCUT2D eigenvalue weighted by molar-refractivity contribution is 8.32. The van der Waals surface area contributed by atoms with Crippen LogP contribution in [0, 0.1) is 0 Å². The Balaban J connectivity index is 3.97. The van der Waals surface area contributed by atoms with Crippen LogP contribution in [0.3, 0.4) is 0 Å². The van der Waals surface area contributed by atoms with Crippen LogP contribution < -0.4 is 0 Å². The average Bonchev–Trinajstić information content (AvgIpc) is 2.82. The molecule has 0 saturated carbocycles. The summed E-state index contributed by atoms with van der Waals surface area (Å²) in [4.78, 5) is 44.0. The maximum Gasteiger partial charge on any atom is 0.381 e. The molecule has 0 saturated heterocycles. The number of rotatable bonds is 24. The Bertz CT molecular complexity index is 697. The van der Waals surface area contributed by atoms with Crippen LogP contribution in [0.25, 0.3) is 0 Å². The third-order valence-corrected chi connectivity index (χ3v) is 9.65. The van der Waals surface area contributed by atoms with Crippen LogP contribution in [-0.4, -0.2) is 77.9 Å². The van der Waals surface area contributed by atoms with Gasteiger partial charge in [-0.05, 0) is 32.1 Å². The van der Waals surface area contributed by atoms with Crippen molar-refractivity contribution in [3.63, 3.8) is 0 Å². The predicted octanol–water partition coefficient (Wildman–Crippen LogP) is 5.67. The van der Waals surface area contributed by atoms with Crippen LogP contribution in [0.5, 0.6) is 0 Å². The molecule has 0 spiro atoms. The molecule has 0 rings (SSSR count). The van der Waals surface area contributed by atoms with Gasteiger partial charge in [0, 0.05) is 6.42 Å². The van der Waals surface area contributed by atoms with E-state index in [0.29, 0.717) is 6.42 Å². The van der Waals surface area contributed by atoms with Gasteiger partial charge in [-0.1, -0.05) is 70.4 Å². The normalized spacial score (nSPS) is 15.4. The van der Waals surface area contributed by atoms with Gasteiger partial charge in [-0.25, -0.2) is 0 Å². The molecule has 0 aromatic carbocycles. The van der Waals surface area contributed by atoms with Crippen LogP contribution in [0.1, 0.15) is 96.8 Å². The molecule has 0 fully saturated rings. The van der Waals surface area contributed by atoms with Crippen molar-refractivity contribution in [2.75, 3.05) is 40.9 Å². The standard InChI is InChI=1S/C26H51NO8P2/c1-5-6-7-8-9-10-11-12-13-14-15-16-17-18-19-20-25(29)35-24(22-28)23-34-37(32,33)36(31)26(30)21-27(2,3)4/h12-13,24,28,31H,5-11,14-23H2,1-4H3/p+1/b13-12-. The number of ether oxygens (including phenoxy) is 1. The van der Waals surface area contributed by atoms with E-state index in [1.807, 2.05) is 0 Å². The molecule has 0 aromatic rings. The summed E-state index contributed by atoms with van der Waals surface area (Å²) in [6, 6.07) is 0. The predicted molar refractivity (Wildman–Crippen MR) is 149 cm³/mol. The topological polar surface area (TPSA) is 130 Å². The van der Waals surface area contributed by atoms with Gasteiger partial charge in [0.15, 0.2) is 0 Å². The second kappa shape index (κ2) is 21.2. The number of carbonyl (C=O) groups is 2. The Morgan fingerprint density at radius 1 is 0.919 bits per heavy atom. The van der Waals surface area contributed by atoms with Crippen molar-refractivity contribution in [1.82, 2.24) is 0 Å². The fraction of sp³-hybridized carbons (Fsp3) is 0.846. The summed E-state index contributed by atoms with van der Waals surface area (Å²) >= 11 is 0. The third-order valence-electron chi connectivity index (χ3n) is 5.65. The van der Waals surface area contributed by atoms with Crippen molar-refractivity contribution in [2.24, 2.45) is 0 Å². The number of carbonyl (C=O) groups excluding carboxylic acids is 2. The molecule has 0 amide bonds. The van der Waals surface area contributed by atoms with Crippen LogP contribution in [0.15, 0.2) is 12.2 Å². The summed E-state index contributed by atoms with van der Waals surface area (Å²) in [5, 5.41) is 9.42. The lowest BCUT2D eigenvalue weighted by Crippen LogP contribution is -2.38. The summed E-state index contributed by atoms with van der Waals surface area (Å²) in [6.07, 6.45) is 18.6. The van der Waals surface area contributed by atoms with Gasteiger partial charge < -0.3 is 24.1 Å². The maximum atomic E-state index is 12.2. The van der Waals surface area contributed by atoms with E-state index in [1.165, 1.54) is 44.9 Å². The highest BCUT2D eigenvalue weighted by atomic mass is 32.1. The molecular formula is C26H52NO8P2+. The molecule has 218 valence electrons. The number of esters is 1. The number of unbranched alkanes of at least 4 members (excludes halogenated alkanes) is 11. The highest BCUT2D eigenvalue weighted by Gasteiger charge is 2.40. The first-order chi connectivity index (χ1) is 17.4. The monoisotopic (exact) mass is 568 g/mol. The largest absolute Gasteiger partial charge is 0.457 e. The van der Waals surface area contributed by atoms with Gasteiger partial charge in [0.2, 0.25) is 13.4 Å². The van der Waals surface area contributed by atoms with Gasteiger partial charge in [-0.15, -0.1) is 0 Å². The van der Waals surface area contributed by atoms with Crippen molar-refractivity contribution in [1.29, 1.82) is 0 Å². The molecule has 0 radical (unpaired) electrons. The fourth-order valence-corrected chi connectivity index (χ4v) is 6.42. The molecule has 3 N–H and O–H groups in total. The summed E-state index contributed by atoms with van der Waals surface area (Å²) in [7, 11) is -2.43. The van der Waals surface area contributed by atoms with Crippen molar-refractivity contribution < 1.29 is 42.8 Å². The Morgan fingerprint density at radius 2 is 1.43 bits per heavy atom. The lowest BCUT2D eigenvalue weighted by atomic mass is 10.1. The number of allylic oxidation sites excluding steroid dienone is 2. The van der Waals surface area contributed by atoms with E-state index in [4.69, 9.17) is 9.26 Å². The van der Waals surface area contributed by atoms with Crippen LogP contribution in [0.4, 0.5) is 0 Å². The smallest absolute Gasteiger partial charge is 0.381 e. The molecule has 3 atom stereocenters. The van der Waals surface area contributed by atoms with Gasteiger partial charge >= 0.3 is 13.3 Å². The third kappa shape index (κ3) is 20.9. The van der Waals surface area contributed by atoms with Crippen molar-refractivity contribution in [3.05, 3.63) is 12.2 Å². The molecule has 3 unspecified atom stereocenters. The molecule has 0 heterocycles.